The van der Waals surface area contributed by atoms with Crippen molar-refractivity contribution in [2.45, 2.75) is 0 Å². The zero-order chi connectivity index (χ0) is 20.1. The van der Waals surface area contributed by atoms with Gasteiger partial charge in [-0.25, -0.2) is 0 Å². The van der Waals surface area contributed by atoms with Crippen LogP contribution in [-0.4, -0.2) is 98.3 Å². The van der Waals surface area contributed by atoms with Crippen LogP contribution in [-0.2, 0) is 14.3 Å². The second kappa shape index (κ2) is 9.18. The van der Waals surface area contributed by atoms with E-state index in [0.29, 0.717) is 48.9 Å². The molecular formula is C20H27N3O5. The van der Waals surface area contributed by atoms with Crippen LogP contribution in [0.5, 0.6) is 5.75 Å². The highest BCUT2D eigenvalue weighted by atomic mass is 16.5. The number of rotatable bonds is 8. The van der Waals surface area contributed by atoms with Gasteiger partial charge in [0.15, 0.2) is 0 Å². The minimum Gasteiger partial charge on any atom is -0.497 e. The van der Waals surface area contributed by atoms with Gasteiger partial charge in [0, 0.05) is 39.8 Å². The van der Waals surface area contributed by atoms with Gasteiger partial charge in [-0.2, -0.15) is 0 Å². The van der Waals surface area contributed by atoms with E-state index >= 15 is 0 Å². The third-order valence-corrected chi connectivity index (χ3v) is 5.08. The monoisotopic (exact) mass is 389 g/mol. The molecule has 8 heteroatoms. The van der Waals surface area contributed by atoms with E-state index in [4.69, 9.17) is 9.47 Å². The average Bonchev–Trinajstić information content (AvgIpc) is 2.97. The fourth-order valence-corrected chi connectivity index (χ4v) is 3.47. The molecule has 1 aromatic carbocycles. The van der Waals surface area contributed by atoms with Crippen LogP contribution in [0.15, 0.2) is 30.0 Å². The molecule has 2 heterocycles. The van der Waals surface area contributed by atoms with Crippen LogP contribution < -0.4 is 4.74 Å². The minimum absolute atomic E-state index is 0.106. The van der Waals surface area contributed by atoms with Crippen molar-refractivity contribution in [1.82, 2.24) is 14.7 Å². The molecule has 2 amide bonds. The first-order chi connectivity index (χ1) is 13.6. The number of morpholine rings is 1. The van der Waals surface area contributed by atoms with Crippen molar-refractivity contribution in [3.63, 3.8) is 0 Å². The van der Waals surface area contributed by atoms with E-state index in [1.54, 1.807) is 43.3 Å². The Bertz CT molecular complexity index is 741. The summed E-state index contributed by atoms with van der Waals surface area (Å²) in [6.07, 6.45) is 0. The summed E-state index contributed by atoms with van der Waals surface area (Å²) in [6, 6.07) is 7.08. The first kappa shape index (κ1) is 20.3. The molecule has 0 radical (unpaired) electrons. The van der Waals surface area contributed by atoms with Gasteiger partial charge in [0.25, 0.3) is 11.8 Å². The summed E-state index contributed by atoms with van der Waals surface area (Å²) in [7, 11) is 3.29. The molecule has 0 spiro atoms. The molecule has 1 fully saturated rings. The van der Waals surface area contributed by atoms with Crippen LogP contribution in [0, 0.1) is 0 Å². The average molecular weight is 389 g/mol. The van der Waals surface area contributed by atoms with Crippen LogP contribution >= 0.6 is 0 Å². The molecule has 0 bridgehead atoms. The molecule has 0 saturated carbocycles. The second-order valence-electron chi connectivity index (χ2n) is 6.81. The third kappa shape index (κ3) is 4.19. The van der Waals surface area contributed by atoms with Gasteiger partial charge in [0.2, 0.25) is 0 Å². The zero-order valence-electron chi connectivity index (χ0n) is 16.4. The van der Waals surface area contributed by atoms with Crippen molar-refractivity contribution in [2.24, 2.45) is 0 Å². The molecule has 2 aliphatic heterocycles. The van der Waals surface area contributed by atoms with Crippen molar-refractivity contribution in [3.05, 3.63) is 35.5 Å². The number of nitrogens with zero attached hydrogens (tertiary/aromatic N) is 3. The van der Waals surface area contributed by atoms with E-state index in [-0.39, 0.29) is 25.0 Å². The van der Waals surface area contributed by atoms with Gasteiger partial charge in [-0.15, -0.1) is 0 Å². The summed E-state index contributed by atoms with van der Waals surface area (Å²) in [5, 5.41) is 9.30. The number of likely N-dealkylation sites (N-methyl/N-ethyl adjacent to an activating group) is 1. The SMILES string of the molecule is COc1ccc(C2=C(N(C)CCO)C(=O)N(CCN3CCOCC3)C2=O)cc1. The molecule has 2 aliphatic rings. The Morgan fingerprint density at radius 2 is 1.79 bits per heavy atom. The molecule has 1 aromatic rings. The Morgan fingerprint density at radius 1 is 1.11 bits per heavy atom. The van der Waals surface area contributed by atoms with Crippen molar-refractivity contribution < 1.29 is 24.2 Å². The number of aliphatic hydroxyl groups excluding tert-OH is 1. The fraction of sp³-hybridized carbons (Fsp3) is 0.500. The fourth-order valence-electron chi connectivity index (χ4n) is 3.47. The van der Waals surface area contributed by atoms with Gasteiger partial charge in [-0.3, -0.25) is 19.4 Å². The van der Waals surface area contributed by atoms with E-state index in [0.717, 1.165) is 13.1 Å². The lowest BCUT2D eigenvalue weighted by molar-refractivity contribution is -0.137. The quantitative estimate of drug-likeness (QED) is 0.628. The predicted molar refractivity (Wildman–Crippen MR) is 104 cm³/mol. The summed E-state index contributed by atoms with van der Waals surface area (Å²) >= 11 is 0. The highest BCUT2D eigenvalue weighted by Crippen LogP contribution is 2.31. The van der Waals surface area contributed by atoms with E-state index < -0.39 is 0 Å². The van der Waals surface area contributed by atoms with Gasteiger partial charge in [0.05, 0.1) is 32.5 Å². The third-order valence-electron chi connectivity index (χ3n) is 5.08. The molecule has 0 unspecified atom stereocenters. The Balaban J connectivity index is 1.85. The maximum absolute atomic E-state index is 13.1. The summed E-state index contributed by atoms with van der Waals surface area (Å²) in [5.41, 5.74) is 1.35. The number of carbonyl (C=O) groups is 2. The van der Waals surface area contributed by atoms with Gasteiger partial charge in [-0.05, 0) is 17.7 Å². The van der Waals surface area contributed by atoms with E-state index in [9.17, 15) is 14.7 Å². The Labute approximate surface area is 164 Å². The smallest absolute Gasteiger partial charge is 0.277 e. The molecular weight excluding hydrogens is 362 g/mol. The topological polar surface area (TPSA) is 82.6 Å². The molecule has 0 aromatic heterocycles. The van der Waals surface area contributed by atoms with Crippen molar-refractivity contribution >= 4 is 17.4 Å². The number of benzene rings is 1. The number of hydrogen-bond acceptors (Lipinski definition) is 7. The Morgan fingerprint density at radius 3 is 2.39 bits per heavy atom. The molecule has 28 heavy (non-hydrogen) atoms. The van der Waals surface area contributed by atoms with E-state index in [1.165, 1.54) is 4.90 Å². The number of ether oxygens (including phenoxy) is 2. The van der Waals surface area contributed by atoms with Gasteiger partial charge >= 0.3 is 0 Å². The standard InChI is InChI=1S/C20H27N3O5/c1-21(9-12-24)18-17(15-3-5-16(27-2)6-4-15)19(25)23(20(18)26)8-7-22-10-13-28-14-11-22/h3-6,24H,7-14H2,1-2H3. The first-order valence-electron chi connectivity index (χ1n) is 9.43. The summed E-state index contributed by atoms with van der Waals surface area (Å²) < 4.78 is 10.5. The number of methoxy groups -OCH3 is 1. The molecule has 0 atom stereocenters. The lowest BCUT2D eigenvalue weighted by Gasteiger charge is -2.28. The molecule has 1 saturated heterocycles. The highest BCUT2D eigenvalue weighted by Gasteiger charge is 2.40. The highest BCUT2D eigenvalue weighted by molar-refractivity contribution is 6.35. The van der Waals surface area contributed by atoms with Crippen molar-refractivity contribution in [1.29, 1.82) is 0 Å². The summed E-state index contributed by atoms with van der Waals surface area (Å²) in [5.74, 6) is 0.0544. The van der Waals surface area contributed by atoms with Crippen LogP contribution in [0.2, 0.25) is 0 Å². The Kier molecular flexibility index (Phi) is 6.66. The lowest BCUT2D eigenvalue weighted by atomic mass is 10.0. The molecule has 0 aliphatic carbocycles. The van der Waals surface area contributed by atoms with Crippen LogP contribution in [0.1, 0.15) is 5.56 Å². The maximum Gasteiger partial charge on any atom is 0.277 e. The van der Waals surface area contributed by atoms with Crippen LogP contribution in [0.25, 0.3) is 5.57 Å². The van der Waals surface area contributed by atoms with Gasteiger partial charge in [0.1, 0.15) is 11.4 Å². The van der Waals surface area contributed by atoms with Crippen molar-refractivity contribution in [3.8, 4) is 5.75 Å². The normalized spacial score (nSPS) is 18.2. The number of carbonyl (C=O) groups excluding carboxylic acids is 2. The van der Waals surface area contributed by atoms with E-state index in [1.807, 2.05) is 0 Å². The predicted octanol–water partition coefficient (Wildman–Crippen LogP) is 0.0314. The summed E-state index contributed by atoms with van der Waals surface area (Å²) in [6.45, 7) is 4.04. The molecule has 3 rings (SSSR count). The van der Waals surface area contributed by atoms with Gasteiger partial charge in [-0.1, -0.05) is 12.1 Å². The van der Waals surface area contributed by atoms with E-state index in [2.05, 4.69) is 4.90 Å². The maximum atomic E-state index is 13.1. The second-order valence-corrected chi connectivity index (χ2v) is 6.81. The molecule has 1 N–H and O–H groups in total. The number of amides is 2. The summed E-state index contributed by atoms with van der Waals surface area (Å²) in [4.78, 5) is 31.4. The lowest BCUT2D eigenvalue weighted by Crippen LogP contribution is -2.44. The van der Waals surface area contributed by atoms with Crippen LogP contribution in [0.4, 0.5) is 0 Å². The largest absolute Gasteiger partial charge is 0.497 e. The molecule has 8 nitrogen and oxygen atoms in total. The molecule has 152 valence electrons. The number of imide groups is 1. The zero-order valence-corrected chi connectivity index (χ0v) is 16.4. The number of aliphatic hydroxyl groups is 1. The number of hydrogen-bond donors (Lipinski definition) is 1. The van der Waals surface area contributed by atoms with Gasteiger partial charge < -0.3 is 19.5 Å². The Hall–Kier alpha value is -2.42. The first-order valence-corrected chi connectivity index (χ1v) is 9.43. The van der Waals surface area contributed by atoms with Crippen molar-refractivity contribution in [2.75, 3.05) is 66.7 Å². The van der Waals surface area contributed by atoms with Crippen LogP contribution in [0.3, 0.4) is 0 Å². The minimum atomic E-state index is -0.319.